The molecule has 1 aromatic carbocycles. The number of halogens is 1. The van der Waals surface area contributed by atoms with Crippen molar-refractivity contribution in [2.24, 2.45) is 23.5 Å². The van der Waals surface area contributed by atoms with Crippen LogP contribution in [0, 0.1) is 23.6 Å². The van der Waals surface area contributed by atoms with Crippen molar-refractivity contribution in [3.63, 3.8) is 0 Å². The summed E-state index contributed by atoms with van der Waals surface area (Å²) >= 11 is 0. The smallest absolute Gasteiger partial charge is 0.255 e. The zero-order chi connectivity index (χ0) is 27.5. The zero-order valence-corrected chi connectivity index (χ0v) is 21.3. The molecule has 1 saturated carbocycles. The quantitative estimate of drug-likeness (QED) is 0.364. The highest BCUT2D eigenvalue weighted by molar-refractivity contribution is 6.22. The third kappa shape index (κ3) is 3.92. The molecule has 6 N–H and O–H groups in total. The van der Waals surface area contributed by atoms with Crippen LogP contribution >= 0.6 is 0 Å². The molecule has 0 aromatic heterocycles. The van der Waals surface area contributed by atoms with Crippen molar-refractivity contribution in [3.05, 3.63) is 45.5 Å². The molecular formula is C28H33FN2O7. The SMILES string of the molecule is CCCC1CCN(Cc2cc(O)c3c(c2F)CC2C[C@H]4CC(=O)C(C(N)=O)=C(O)[C@@]4(O)C(=O)C2=C3O)CC1. The standard InChI is InChI=1S/C28H33FN2O7/c1-2-3-13-4-6-31(7-5-13)12-15-10-18(32)21-17(23(15)29)9-14-8-16-11-19(33)22(27(30)37)26(36)28(16,38)25(35)20(14)24(21)34/h10,13-14,16,32,34,36,38H,2-9,11-12H2,1H3,(H2,30,37)/t14?,16-,28-/m0/s1. The molecule has 5 rings (SSSR count). The Labute approximate surface area is 219 Å². The Bertz CT molecular complexity index is 1290. The Morgan fingerprint density at radius 3 is 2.50 bits per heavy atom. The maximum Gasteiger partial charge on any atom is 0.255 e. The molecule has 0 radical (unpaired) electrons. The highest BCUT2D eigenvalue weighted by Gasteiger charge is 2.60. The first-order chi connectivity index (χ1) is 18.0. The summed E-state index contributed by atoms with van der Waals surface area (Å²) in [7, 11) is 0. The van der Waals surface area contributed by atoms with Crippen LogP contribution in [0.15, 0.2) is 23.0 Å². The van der Waals surface area contributed by atoms with Crippen molar-refractivity contribution < 1.29 is 39.2 Å². The number of ketones is 2. The molecule has 1 aromatic rings. The van der Waals surface area contributed by atoms with E-state index in [2.05, 4.69) is 11.8 Å². The molecule has 1 aliphatic heterocycles. The molecule has 3 atom stereocenters. The number of amides is 1. The van der Waals surface area contributed by atoms with Crippen LogP contribution in [-0.2, 0) is 27.3 Å². The van der Waals surface area contributed by atoms with Gasteiger partial charge < -0.3 is 26.2 Å². The van der Waals surface area contributed by atoms with Crippen molar-refractivity contribution in [2.45, 2.75) is 64.0 Å². The van der Waals surface area contributed by atoms with Crippen LogP contribution in [0.2, 0.25) is 0 Å². The molecule has 1 unspecified atom stereocenters. The van der Waals surface area contributed by atoms with E-state index in [1.165, 1.54) is 12.5 Å². The fraction of sp³-hybridized carbons (Fsp3) is 0.536. The summed E-state index contributed by atoms with van der Waals surface area (Å²) in [5.74, 6) is -7.10. The van der Waals surface area contributed by atoms with E-state index in [0.29, 0.717) is 18.0 Å². The first kappa shape index (κ1) is 26.4. The molecule has 0 spiro atoms. The molecule has 1 amide bonds. The number of nitrogens with zero attached hydrogens (tertiary/aromatic N) is 1. The van der Waals surface area contributed by atoms with Crippen LogP contribution in [0.25, 0.3) is 5.76 Å². The van der Waals surface area contributed by atoms with Crippen molar-refractivity contribution in [2.75, 3.05) is 13.1 Å². The van der Waals surface area contributed by atoms with Crippen LogP contribution in [0.5, 0.6) is 5.75 Å². The second kappa shape index (κ2) is 9.50. The third-order valence-corrected chi connectivity index (χ3v) is 8.87. The number of Topliss-reactive ketones (excluding diaryl/α,β-unsaturated/α-hetero) is 2. The maximum absolute atomic E-state index is 15.8. The van der Waals surface area contributed by atoms with Crippen molar-refractivity contribution >= 4 is 23.2 Å². The van der Waals surface area contributed by atoms with Gasteiger partial charge in [-0.05, 0) is 56.7 Å². The Morgan fingerprint density at radius 1 is 1.18 bits per heavy atom. The minimum Gasteiger partial charge on any atom is -0.508 e. The van der Waals surface area contributed by atoms with Gasteiger partial charge in [0.05, 0.1) is 5.56 Å². The number of likely N-dealkylation sites (tertiary alicyclic amines) is 1. The molecule has 38 heavy (non-hydrogen) atoms. The van der Waals surface area contributed by atoms with Crippen LogP contribution < -0.4 is 5.73 Å². The number of phenols is 1. The highest BCUT2D eigenvalue weighted by Crippen LogP contribution is 2.52. The van der Waals surface area contributed by atoms with Gasteiger partial charge in [-0.3, -0.25) is 19.3 Å². The molecule has 0 bridgehead atoms. The summed E-state index contributed by atoms with van der Waals surface area (Å²) in [4.78, 5) is 39.8. The van der Waals surface area contributed by atoms with Gasteiger partial charge in [-0.25, -0.2) is 4.39 Å². The number of nitrogens with two attached hydrogens (primary N) is 1. The summed E-state index contributed by atoms with van der Waals surface area (Å²) < 4.78 is 15.8. The lowest BCUT2D eigenvalue weighted by Crippen LogP contribution is -2.58. The number of aliphatic hydroxyl groups excluding tert-OH is 2. The van der Waals surface area contributed by atoms with Crippen LogP contribution in [0.1, 0.15) is 62.1 Å². The molecule has 2 fully saturated rings. The van der Waals surface area contributed by atoms with E-state index in [0.717, 1.165) is 32.4 Å². The number of hydrogen-bond donors (Lipinski definition) is 5. The highest BCUT2D eigenvalue weighted by atomic mass is 19.1. The van der Waals surface area contributed by atoms with Crippen molar-refractivity contribution in [1.29, 1.82) is 0 Å². The molecule has 1 heterocycles. The number of phenolic OH excluding ortho intramolecular Hbond substituents is 1. The van der Waals surface area contributed by atoms with Crippen molar-refractivity contribution in [3.8, 4) is 5.75 Å². The lowest BCUT2D eigenvalue weighted by atomic mass is 9.59. The van der Waals surface area contributed by atoms with Crippen LogP contribution in [0.3, 0.4) is 0 Å². The largest absolute Gasteiger partial charge is 0.508 e. The summed E-state index contributed by atoms with van der Waals surface area (Å²) in [5.41, 5.74) is 1.59. The summed E-state index contributed by atoms with van der Waals surface area (Å²) in [6.45, 7) is 4.12. The second-order valence-electron chi connectivity index (χ2n) is 11.1. The van der Waals surface area contributed by atoms with Gasteiger partial charge in [0.2, 0.25) is 5.78 Å². The van der Waals surface area contributed by atoms with Gasteiger partial charge in [0.15, 0.2) is 11.4 Å². The molecule has 4 aliphatic rings. The average molecular weight is 529 g/mol. The van der Waals surface area contributed by atoms with Gasteiger partial charge in [0.25, 0.3) is 5.91 Å². The summed E-state index contributed by atoms with van der Waals surface area (Å²) in [5, 5.41) is 43.8. The van der Waals surface area contributed by atoms with Gasteiger partial charge in [-0.15, -0.1) is 0 Å². The first-order valence-corrected chi connectivity index (χ1v) is 13.2. The lowest BCUT2D eigenvalue weighted by Gasteiger charge is -2.46. The number of aromatic hydroxyl groups is 1. The molecule has 10 heteroatoms. The second-order valence-corrected chi connectivity index (χ2v) is 11.1. The normalized spacial score (nSPS) is 28.3. The average Bonchev–Trinajstić information content (AvgIpc) is 2.85. The van der Waals surface area contributed by atoms with Gasteiger partial charge >= 0.3 is 0 Å². The Kier molecular flexibility index (Phi) is 6.59. The van der Waals surface area contributed by atoms with E-state index < -0.39 is 64.2 Å². The summed E-state index contributed by atoms with van der Waals surface area (Å²) in [6.07, 6.45) is 3.89. The molecule has 3 aliphatic carbocycles. The summed E-state index contributed by atoms with van der Waals surface area (Å²) in [6, 6.07) is 1.26. The Hall–Kier alpha value is -3.24. The number of aliphatic hydroxyl groups is 3. The van der Waals surface area contributed by atoms with E-state index in [-0.39, 0.29) is 35.3 Å². The molecule has 9 nitrogen and oxygen atoms in total. The zero-order valence-electron chi connectivity index (χ0n) is 21.3. The van der Waals surface area contributed by atoms with Gasteiger partial charge in [-0.2, -0.15) is 0 Å². The lowest BCUT2D eigenvalue weighted by molar-refractivity contribution is -0.147. The monoisotopic (exact) mass is 528 g/mol. The first-order valence-electron chi connectivity index (χ1n) is 13.2. The Morgan fingerprint density at radius 2 is 1.87 bits per heavy atom. The number of piperidine rings is 1. The molecular weight excluding hydrogens is 495 g/mol. The van der Waals surface area contributed by atoms with E-state index in [1.54, 1.807) is 0 Å². The number of rotatable bonds is 5. The number of hydrogen-bond acceptors (Lipinski definition) is 8. The van der Waals surface area contributed by atoms with Gasteiger partial charge in [0, 0.05) is 35.6 Å². The van der Waals surface area contributed by atoms with E-state index in [4.69, 9.17) is 5.73 Å². The topological polar surface area (TPSA) is 161 Å². The van der Waals surface area contributed by atoms with Gasteiger partial charge in [0.1, 0.15) is 28.7 Å². The predicted molar refractivity (Wildman–Crippen MR) is 134 cm³/mol. The van der Waals surface area contributed by atoms with E-state index in [1.807, 2.05) is 0 Å². The Balaban J connectivity index is 1.50. The predicted octanol–water partition coefficient (Wildman–Crippen LogP) is 2.58. The van der Waals surface area contributed by atoms with E-state index >= 15 is 4.39 Å². The minimum atomic E-state index is -2.63. The van der Waals surface area contributed by atoms with E-state index in [9.17, 15) is 34.8 Å². The minimum absolute atomic E-state index is 0.0295. The van der Waals surface area contributed by atoms with Gasteiger partial charge in [-0.1, -0.05) is 19.8 Å². The number of primary amides is 1. The van der Waals surface area contributed by atoms with Crippen LogP contribution in [0.4, 0.5) is 4.39 Å². The fourth-order valence-corrected chi connectivity index (χ4v) is 6.92. The van der Waals surface area contributed by atoms with Crippen molar-refractivity contribution in [1.82, 2.24) is 4.90 Å². The van der Waals surface area contributed by atoms with Crippen LogP contribution in [-0.4, -0.2) is 61.5 Å². The molecule has 204 valence electrons. The maximum atomic E-state index is 15.8. The number of fused-ring (bicyclic) bond motifs is 3. The number of carbonyl (C=O) groups excluding carboxylic acids is 3. The number of carbonyl (C=O) groups is 3. The third-order valence-electron chi connectivity index (χ3n) is 8.87. The molecule has 1 saturated heterocycles. The fourth-order valence-electron chi connectivity index (χ4n) is 6.92. The number of benzene rings is 1.